The first kappa shape index (κ1) is 14.5. The maximum Gasteiger partial charge on any atom is 0.251 e. The van der Waals surface area contributed by atoms with Crippen LogP contribution in [0.15, 0.2) is 24.3 Å². The Bertz CT molecular complexity index is 491. The number of amides is 1. The average Bonchev–Trinajstić information content (AvgIpc) is 3.02. The molecule has 0 aromatic heterocycles. The summed E-state index contributed by atoms with van der Waals surface area (Å²) >= 11 is 0. The first-order valence-electron chi connectivity index (χ1n) is 8.03. The molecule has 2 fully saturated rings. The van der Waals surface area contributed by atoms with Gasteiger partial charge in [0.15, 0.2) is 0 Å². The molecule has 3 nitrogen and oxygen atoms in total. The van der Waals surface area contributed by atoms with Crippen molar-refractivity contribution in [3.8, 4) is 0 Å². The van der Waals surface area contributed by atoms with Gasteiger partial charge >= 0.3 is 0 Å². The highest BCUT2D eigenvalue weighted by atomic mass is 19.1. The number of nitrogens with one attached hydrogen (secondary N) is 1. The van der Waals surface area contributed by atoms with Crippen LogP contribution in [0.2, 0.25) is 0 Å². The van der Waals surface area contributed by atoms with Crippen LogP contribution in [0.4, 0.5) is 4.39 Å². The van der Waals surface area contributed by atoms with Gasteiger partial charge in [0.1, 0.15) is 5.82 Å². The summed E-state index contributed by atoms with van der Waals surface area (Å²) in [7, 11) is 0. The zero-order valence-electron chi connectivity index (χ0n) is 12.4. The largest absolute Gasteiger partial charge is 0.349 e. The molecule has 1 saturated heterocycles. The van der Waals surface area contributed by atoms with Crippen molar-refractivity contribution in [1.82, 2.24) is 10.2 Å². The minimum Gasteiger partial charge on any atom is -0.349 e. The molecule has 0 bridgehead atoms. The van der Waals surface area contributed by atoms with Crippen LogP contribution in [0, 0.1) is 5.82 Å². The summed E-state index contributed by atoms with van der Waals surface area (Å²) in [6, 6.07) is 6.88. The van der Waals surface area contributed by atoms with E-state index in [2.05, 4.69) is 10.2 Å². The number of hydrogen-bond donors (Lipinski definition) is 1. The van der Waals surface area contributed by atoms with Gasteiger partial charge in [-0.3, -0.25) is 4.79 Å². The van der Waals surface area contributed by atoms with E-state index in [4.69, 9.17) is 0 Å². The van der Waals surface area contributed by atoms with Crippen molar-refractivity contribution in [3.05, 3.63) is 35.6 Å². The van der Waals surface area contributed by atoms with Crippen molar-refractivity contribution in [2.45, 2.75) is 50.6 Å². The highest BCUT2D eigenvalue weighted by Gasteiger charge is 2.27. The number of likely N-dealkylation sites (tertiary alicyclic amines) is 1. The van der Waals surface area contributed by atoms with Crippen molar-refractivity contribution in [1.29, 1.82) is 0 Å². The molecule has 1 aromatic rings. The van der Waals surface area contributed by atoms with E-state index >= 15 is 0 Å². The monoisotopic (exact) mass is 290 g/mol. The van der Waals surface area contributed by atoms with Gasteiger partial charge < -0.3 is 10.2 Å². The van der Waals surface area contributed by atoms with Crippen LogP contribution in [0.5, 0.6) is 0 Å². The van der Waals surface area contributed by atoms with Crippen LogP contribution in [-0.2, 0) is 0 Å². The van der Waals surface area contributed by atoms with E-state index < -0.39 is 0 Å². The zero-order chi connectivity index (χ0) is 14.7. The van der Waals surface area contributed by atoms with E-state index in [1.54, 1.807) is 12.1 Å². The lowest BCUT2D eigenvalue weighted by Crippen LogP contribution is -2.47. The van der Waals surface area contributed by atoms with Gasteiger partial charge in [0.2, 0.25) is 0 Å². The molecule has 1 aliphatic heterocycles. The number of nitrogens with zero attached hydrogens (tertiary/aromatic N) is 1. The molecular weight excluding hydrogens is 267 g/mol. The Kier molecular flexibility index (Phi) is 4.54. The van der Waals surface area contributed by atoms with E-state index in [9.17, 15) is 9.18 Å². The molecule has 0 radical (unpaired) electrons. The van der Waals surface area contributed by atoms with Crippen LogP contribution >= 0.6 is 0 Å². The molecule has 1 saturated carbocycles. The third-order valence-electron chi connectivity index (χ3n) is 4.79. The molecule has 0 unspecified atom stereocenters. The Balaban J connectivity index is 1.49. The lowest BCUT2D eigenvalue weighted by molar-refractivity contribution is 0.0892. The summed E-state index contributed by atoms with van der Waals surface area (Å²) in [6.45, 7) is 2.14. The summed E-state index contributed by atoms with van der Waals surface area (Å²) in [4.78, 5) is 14.7. The van der Waals surface area contributed by atoms with Crippen molar-refractivity contribution in [2.75, 3.05) is 13.1 Å². The van der Waals surface area contributed by atoms with E-state index in [0.29, 0.717) is 5.56 Å². The molecule has 2 aliphatic rings. The Labute approximate surface area is 125 Å². The number of carbonyl (C=O) groups excluding carboxylic acids is 1. The third kappa shape index (κ3) is 3.62. The van der Waals surface area contributed by atoms with Gasteiger partial charge in [0.05, 0.1) is 0 Å². The second-order valence-corrected chi connectivity index (χ2v) is 6.23. The van der Waals surface area contributed by atoms with Crippen LogP contribution in [0.3, 0.4) is 0 Å². The molecule has 1 amide bonds. The topological polar surface area (TPSA) is 32.3 Å². The predicted octanol–water partition coefficient (Wildman–Crippen LogP) is 2.96. The molecule has 0 atom stereocenters. The summed E-state index contributed by atoms with van der Waals surface area (Å²) in [5, 5.41) is 3.04. The number of benzene rings is 1. The second-order valence-electron chi connectivity index (χ2n) is 6.23. The molecule has 3 rings (SSSR count). The lowest BCUT2D eigenvalue weighted by atomic mass is 10.0. The first-order valence-corrected chi connectivity index (χ1v) is 8.03. The quantitative estimate of drug-likeness (QED) is 0.928. The number of rotatable bonds is 3. The standard InChI is InChI=1S/C17H23FN2O/c18-14-5-3-4-13(12-14)17(21)19-15-8-10-20(11-9-15)16-6-1-2-7-16/h3-5,12,15-16H,1-2,6-11H2,(H,19,21). The normalized spacial score (nSPS) is 21.6. The fourth-order valence-corrected chi connectivity index (χ4v) is 3.58. The summed E-state index contributed by atoms with van der Waals surface area (Å²) in [5.41, 5.74) is 0.410. The number of halogens is 1. The van der Waals surface area contributed by atoms with Gasteiger partial charge in [-0.1, -0.05) is 18.9 Å². The minimum atomic E-state index is -0.362. The van der Waals surface area contributed by atoms with E-state index in [-0.39, 0.29) is 17.8 Å². The van der Waals surface area contributed by atoms with Crippen LogP contribution < -0.4 is 5.32 Å². The number of carbonyl (C=O) groups is 1. The van der Waals surface area contributed by atoms with Gasteiger partial charge in [-0.05, 0) is 43.9 Å². The number of piperidine rings is 1. The Hall–Kier alpha value is -1.42. The minimum absolute atomic E-state index is 0.159. The van der Waals surface area contributed by atoms with Crippen molar-refractivity contribution >= 4 is 5.91 Å². The molecule has 21 heavy (non-hydrogen) atoms. The third-order valence-corrected chi connectivity index (χ3v) is 4.79. The van der Waals surface area contributed by atoms with Crippen LogP contribution in [0.25, 0.3) is 0 Å². The molecule has 1 heterocycles. The maximum absolute atomic E-state index is 13.1. The summed E-state index contributed by atoms with van der Waals surface area (Å²) in [5.74, 6) is -0.521. The Morgan fingerprint density at radius 2 is 1.86 bits per heavy atom. The molecule has 1 aliphatic carbocycles. The Morgan fingerprint density at radius 1 is 1.14 bits per heavy atom. The van der Waals surface area contributed by atoms with E-state index in [1.807, 2.05) is 0 Å². The van der Waals surface area contributed by atoms with Crippen LogP contribution in [-0.4, -0.2) is 36.0 Å². The molecule has 1 aromatic carbocycles. The first-order chi connectivity index (χ1) is 10.2. The van der Waals surface area contributed by atoms with Gasteiger partial charge in [-0.15, -0.1) is 0 Å². The smallest absolute Gasteiger partial charge is 0.251 e. The lowest BCUT2D eigenvalue weighted by Gasteiger charge is -2.36. The maximum atomic E-state index is 13.1. The second kappa shape index (κ2) is 6.56. The highest BCUT2D eigenvalue weighted by Crippen LogP contribution is 2.26. The molecule has 0 spiro atoms. The number of hydrogen-bond acceptors (Lipinski definition) is 2. The van der Waals surface area contributed by atoms with Gasteiger partial charge in [0.25, 0.3) is 5.91 Å². The zero-order valence-corrected chi connectivity index (χ0v) is 12.4. The molecule has 4 heteroatoms. The van der Waals surface area contributed by atoms with Crippen molar-refractivity contribution < 1.29 is 9.18 Å². The Morgan fingerprint density at radius 3 is 2.52 bits per heavy atom. The summed E-state index contributed by atoms with van der Waals surface area (Å²) < 4.78 is 13.1. The molecule has 1 N–H and O–H groups in total. The van der Waals surface area contributed by atoms with Crippen molar-refractivity contribution in [2.24, 2.45) is 0 Å². The molecule has 114 valence electrons. The molecular formula is C17H23FN2O. The van der Waals surface area contributed by atoms with Crippen LogP contribution in [0.1, 0.15) is 48.9 Å². The highest BCUT2D eigenvalue weighted by molar-refractivity contribution is 5.94. The average molecular weight is 290 g/mol. The van der Waals surface area contributed by atoms with Gasteiger partial charge in [-0.25, -0.2) is 4.39 Å². The van der Waals surface area contributed by atoms with Gasteiger partial charge in [0, 0.05) is 30.7 Å². The predicted molar refractivity (Wildman–Crippen MR) is 80.7 cm³/mol. The van der Waals surface area contributed by atoms with E-state index in [1.165, 1.54) is 37.8 Å². The van der Waals surface area contributed by atoms with E-state index in [0.717, 1.165) is 32.0 Å². The fraction of sp³-hybridized carbons (Fsp3) is 0.588. The summed E-state index contributed by atoms with van der Waals surface area (Å²) in [6.07, 6.45) is 7.39. The van der Waals surface area contributed by atoms with Crippen molar-refractivity contribution in [3.63, 3.8) is 0 Å². The van der Waals surface area contributed by atoms with Gasteiger partial charge in [-0.2, -0.15) is 0 Å². The fourth-order valence-electron chi connectivity index (χ4n) is 3.58. The SMILES string of the molecule is O=C(NC1CCN(C2CCCC2)CC1)c1cccc(F)c1.